The summed E-state index contributed by atoms with van der Waals surface area (Å²) in [4.78, 5) is 54.7. The van der Waals surface area contributed by atoms with Gasteiger partial charge in [-0.25, -0.2) is 9.78 Å². The molecule has 0 aliphatic rings. The number of Topliss-reactive ketones (excluding diaryl/α,β-unsaturated/α-hetero) is 1. The van der Waals surface area contributed by atoms with Crippen LogP contribution in [0.5, 0.6) is 0 Å². The van der Waals surface area contributed by atoms with E-state index in [9.17, 15) is 19.2 Å². The summed E-state index contributed by atoms with van der Waals surface area (Å²) in [5.74, 6) is -1.09. The van der Waals surface area contributed by atoms with E-state index in [0.29, 0.717) is 11.1 Å². The monoisotopic (exact) mass is 432 g/mol. The zero-order valence-electron chi connectivity index (χ0n) is 17.5. The van der Waals surface area contributed by atoms with Crippen molar-refractivity contribution in [3.63, 3.8) is 0 Å². The van der Waals surface area contributed by atoms with Gasteiger partial charge in [0.25, 0.3) is 5.56 Å². The largest absolute Gasteiger partial charge is 0.448 e. The molecule has 9 heteroatoms. The van der Waals surface area contributed by atoms with Gasteiger partial charge in [-0.3, -0.25) is 23.5 Å². The molecule has 0 spiro atoms. The van der Waals surface area contributed by atoms with Crippen LogP contribution in [0.4, 0.5) is 0 Å². The molecule has 0 saturated carbocycles. The van der Waals surface area contributed by atoms with Crippen LogP contribution in [0, 0.1) is 0 Å². The minimum Gasteiger partial charge on any atom is -0.448 e. The summed E-state index contributed by atoms with van der Waals surface area (Å²) in [5, 5.41) is 0. The molecular formula is C23H20N4O5. The number of benzene rings is 2. The Morgan fingerprint density at radius 2 is 1.56 bits per heavy atom. The lowest BCUT2D eigenvalue weighted by Gasteiger charge is -2.18. The SMILES string of the molecule is Cn1c(=O)c2c(ncn2CC(=O)OC(C(=O)c2ccccc2)c2ccccc2)n(C)c1=O. The Bertz CT molecular complexity index is 1420. The Balaban J connectivity index is 1.66. The van der Waals surface area contributed by atoms with Gasteiger partial charge < -0.3 is 9.30 Å². The van der Waals surface area contributed by atoms with Crippen molar-refractivity contribution in [3.8, 4) is 0 Å². The number of ether oxygens (including phenoxy) is 1. The van der Waals surface area contributed by atoms with Gasteiger partial charge in [-0.2, -0.15) is 0 Å². The molecule has 2 heterocycles. The number of nitrogens with zero attached hydrogens (tertiary/aromatic N) is 4. The van der Waals surface area contributed by atoms with Crippen molar-refractivity contribution < 1.29 is 14.3 Å². The summed E-state index contributed by atoms with van der Waals surface area (Å²) in [6.45, 7) is -0.352. The zero-order valence-corrected chi connectivity index (χ0v) is 17.5. The van der Waals surface area contributed by atoms with E-state index in [4.69, 9.17) is 4.74 Å². The van der Waals surface area contributed by atoms with Gasteiger partial charge in [0.1, 0.15) is 6.54 Å². The van der Waals surface area contributed by atoms with Crippen LogP contribution in [-0.4, -0.2) is 30.4 Å². The number of aromatic nitrogens is 4. The third-order valence-electron chi connectivity index (χ3n) is 5.16. The smallest absolute Gasteiger partial charge is 0.332 e. The molecule has 2 aromatic carbocycles. The lowest BCUT2D eigenvalue weighted by Crippen LogP contribution is -2.37. The van der Waals surface area contributed by atoms with Gasteiger partial charge in [0.2, 0.25) is 5.78 Å². The number of hydrogen-bond donors (Lipinski definition) is 0. The van der Waals surface area contributed by atoms with E-state index in [1.807, 2.05) is 0 Å². The molecule has 0 N–H and O–H groups in total. The fourth-order valence-corrected chi connectivity index (χ4v) is 3.48. The van der Waals surface area contributed by atoms with Gasteiger partial charge in [0.15, 0.2) is 17.3 Å². The van der Waals surface area contributed by atoms with Crippen LogP contribution >= 0.6 is 0 Å². The molecule has 9 nitrogen and oxygen atoms in total. The van der Waals surface area contributed by atoms with E-state index in [-0.39, 0.29) is 23.5 Å². The number of esters is 1. The van der Waals surface area contributed by atoms with E-state index in [1.54, 1.807) is 60.7 Å². The number of imidazole rings is 1. The van der Waals surface area contributed by atoms with Crippen molar-refractivity contribution in [3.05, 3.63) is 99.0 Å². The number of ketones is 1. The molecule has 4 aromatic rings. The fourth-order valence-electron chi connectivity index (χ4n) is 3.48. The third-order valence-corrected chi connectivity index (χ3v) is 5.16. The fraction of sp³-hybridized carbons (Fsp3) is 0.174. The Kier molecular flexibility index (Phi) is 5.55. The molecule has 1 atom stereocenters. The number of rotatable bonds is 6. The lowest BCUT2D eigenvalue weighted by molar-refractivity contribution is -0.148. The molecule has 0 fully saturated rings. The van der Waals surface area contributed by atoms with Gasteiger partial charge in [0, 0.05) is 25.2 Å². The maximum Gasteiger partial charge on any atom is 0.332 e. The maximum absolute atomic E-state index is 13.1. The summed E-state index contributed by atoms with van der Waals surface area (Å²) in [6, 6.07) is 17.3. The summed E-state index contributed by atoms with van der Waals surface area (Å²) in [5.41, 5.74) is 0.0963. The number of aryl methyl sites for hydroxylation is 1. The van der Waals surface area contributed by atoms with Crippen LogP contribution in [0.15, 0.2) is 76.6 Å². The first-order valence-corrected chi connectivity index (χ1v) is 9.83. The number of carbonyl (C=O) groups is 2. The van der Waals surface area contributed by atoms with Gasteiger partial charge in [-0.05, 0) is 0 Å². The van der Waals surface area contributed by atoms with Crippen LogP contribution in [0.3, 0.4) is 0 Å². The Labute approximate surface area is 182 Å². The van der Waals surface area contributed by atoms with Crippen LogP contribution in [-0.2, 0) is 30.2 Å². The first-order chi connectivity index (χ1) is 15.4. The van der Waals surface area contributed by atoms with Crippen LogP contribution in [0.1, 0.15) is 22.0 Å². The van der Waals surface area contributed by atoms with E-state index in [2.05, 4.69) is 4.98 Å². The van der Waals surface area contributed by atoms with Crippen LogP contribution in [0.2, 0.25) is 0 Å². The normalized spacial score (nSPS) is 11.9. The zero-order chi connectivity index (χ0) is 22.8. The molecule has 4 rings (SSSR count). The van der Waals surface area contributed by atoms with Crippen LogP contribution in [0.25, 0.3) is 11.2 Å². The van der Waals surface area contributed by atoms with Crippen molar-refractivity contribution in [1.29, 1.82) is 0 Å². The average Bonchev–Trinajstić information content (AvgIpc) is 3.24. The molecule has 162 valence electrons. The summed E-state index contributed by atoms with van der Waals surface area (Å²) < 4.78 is 9.07. The third kappa shape index (κ3) is 3.76. The highest BCUT2D eigenvalue weighted by atomic mass is 16.5. The predicted octanol–water partition coefficient (Wildman–Crippen LogP) is 1.60. The van der Waals surface area contributed by atoms with Crippen molar-refractivity contribution in [1.82, 2.24) is 18.7 Å². The maximum atomic E-state index is 13.1. The minimum atomic E-state index is -1.15. The Hall–Kier alpha value is -4.27. The quantitative estimate of drug-likeness (QED) is 0.339. The molecule has 0 radical (unpaired) electrons. The topological polar surface area (TPSA) is 105 Å². The molecule has 0 aliphatic carbocycles. The minimum absolute atomic E-state index is 0.0946. The van der Waals surface area contributed by atoms with E-state index in [1.165, 1.54) is 29.6 Å². The summed E-state index contributed by atoms with van der Waals surface area (Å²) in [7, 11) is 2.84. The highest BCUT2D eigenvalue weighted by molar-refractivity contribution is 6.01. The molecule has 1 unspecified atom stereocenters. The van der Waals surface area contributed by atoms with Crippen LogP contribution < -0.4 is 11.2 Å². The van der Waals surface area contributed by atoms with E-state index >= 15 is 0 Å². The highest BCUT2D eigenvalue weighted by Gasteiger charge is 2.27. The van der Waals surface area contributed by atoms with Crippen molar-refractivity contribution in [2.45, 2.75) is 12.6 Å². The second-order valence-electron chi connectivity index (χ2n) is 7.26. The van der Waals surface area contributed by atoms with Crippen molar-refractivity contribution >= 4 is 22.9 Å². The average molecular weight is 432 g/mol. The first kappa shape index (κ1) is 21.0. The van der Waals surface area contributed by atoms with Gasteiger partial charge in [0.05, 0.1) is 6.33 Å². The van der Waals surface area contributed by atoms with Gasteiger partial charge in [-0.1, -0.05) is 60.7 Å². The second-order valence-corrected chi connectivity index (χ2v) is 7.26. The highest BCUT2D eigenvalue weighted by Crippen LogP contribution is 2.23. The second kappa shape index (κ2) is 8.46. The van der Waals surface area contributed by atoms with Gasteiger partial charge >= 0.3 is 11.7 Å². The number of hydrogen-bond acceptors (Lipinski definition) is 6. The molecule has 0 aliphatic heterocycles. The lowest BCUT2D eigenvalue weighted by atomic mass is 10.00. The molecule has 0 amide bonds. The first-order valence-electron chi connectivity index (χ1n) is 9.83. The van der Waals surface area contributed by atoms with E-state index < -0.39 is 23.3 Å². The van der Waals surface area contributed by atoms with Crippen molar-refractivity contribution in [2.24, 2.45) is 14.1 Å². The molecule has 0 saturated heterocycles. The summed E-state index contributed by atoms with van der Waals surface area (Å²) in [6.07, 6.45) is 0.150. The summed E-state index contributed by atoms with van der Waals surface area (Å²) >= 11 is 0. The van der Waals surface area contributed by atoms with Crippen molar-refractivity contribution in [2.75, 3.05) is 0 Å². The number of fused-ring (bicyclic) bond motifs is 1. The molecule has 32 heavy (non-hydrogen) atoms. The Morgan fingerprint density at radius 1 is 0.938 bits per heavy atom. The Morgan fingerprint density at radius 3 is 2.22 bits per heavy atom. The standard InChI is InChI=1S/C23H20N4O5/c1-25-21-18(22(30)26(2)23(25)31)27(14-24-21)13-17(28)32-20(16-11-7-4-8-12-16)19(29)15-9-5-3-6-10-15/h3-12,14,20H,13H2,1-2H3. The molecule has 0 bridgehead atoms. The van der Waals surface area contributed by atoms with E-state index in [0.717, 1.165) is 4.57 Å². The molecular weight excluding hydrogens is 412 g/mol. The molecule has 2 aromatic heterocycles. The predicted molar refractivity (Wildman–Crippen MR) is 116 cm³/mol. The number of carbonyl (C=O) groups excluding carboxylic acids is 2. The van der Waals surface area contributed by atoms with Gasteiger partial charge in [-0.15, -0.1) is 0 Å².